The first-order valence-corrected chi connectivity index (χ1v) is 10.4. The molecule has 1 unspecified atom stereocenters. The van der Waals surface area contributed by atoms with Gasteiger partial charge in [0, 0.05) is 12.8 Å². The van der Waals surface area contributed by atoms with E-state index in [0.29, 0.717) is 0 Å². The monoisotopic (exact) mass is 389 g/mol. The van der Waals surface area contributed by atoms with Crippen LogP contribution < -0.4 is 0 Å². The van der Waals surface area contributed by atoms with E-state index in [1.807, 2.05) is 6.92 Å². The lowest BCUT2D eigenvalue weighted by atomic mass is 10.1. The minimum atomic E-state index is -0.714. The van der Waals surface area contributed by atoms with Gasteiger partial charge in [-0.05, 0) is 32.6 Å². The number of hydrogen-bond acceptors (Lipinski definition) is 5. The minimum Gasteiger partial charge on any atom is -0.481 e. The highest BCUT2D eigenvalue weighted by molar-refractivity contribution is 5.66. The Kier molecular flexibility index (Phi) is 22.8. The van der Waals surface area contributed by atoms with Crippen LogP contribution in [-0.4, -0.2) is 28.3 Å². The quantitative estimate of drug-likeness (QED) is 0.166. The topological polar surface area (TPSA) is 113 Å². The van der Waals surface area contributed by atoms with Crippen molar-refractivity contribution in [2.45, 2.75) is 116 Å². The van der Waals surface area contributed by atoms with Gasteiger partial charge in [-0.3, -0.25) is 9.59 Å². The van der Waals surface area contributed by atoms with Crippen molar-refractivity contribution in [3.63, 3.8) is 0 Å². The van der Waals surface area contributed by atoms with Crippen LogP contribution in [0.3, 0.4) is 0 Å². The molecular weight excluding hydrogens is 350 g/mol. The summed E-state index contributed by atoms with van der Waals surface area (Å²) in [6.07, 6.45) is 14.3. The first kappa shape index (κ1) is 27.6. The molecule has 0 aliphatic heterocycles. The zero-order valence-electron chi connectivity index (χ0n) is 17.2. The summed E-state index contributed by atoms with van der Waals surface area (Å²) in [4.78, 5) is 34.6. The van der Waals surface area contributed by atoms with E-state index < -0.39 is 11.9 Å². The lowest BCUT2D eigenvalue weighted by Gasteiger charge is -2.05. The maximum absolute atomic E-state index is 10.2. The maximum Gasteiger partial charge on any atom is 0.303 e. The molecule has 0 amide bonds. The molecular formula is C20H39NO6. The molecule has 7 nitrogen and oxygen atoms in total. The summed E-state index contributed by atoms with van der Waals surface area (Å²) in [5, 5.41) is 19.2. The zero-order valence-corrected chi connectivity index (χ0v) is 17.2. The van der Waals surface area contributed by atoms with E-state index >= 15 is 0 Å². The Labute approximate surface area is 163 Å². The van der Waals surface area contributed by atoms with Crippen LogP contribution in [0.4, 0.5) is 0 Å². The predicted molar refractivity (Wildman–Crippen MR) is 107 cm³/mol. The van der Waals surface area contributed by atoms with Gasteiger partial charge in [0.15, 0.2) is 5.34 Å². The van der Waals surface area contributed by atoms with Crippen molar-refractivity contribution in [3.05, 3.63) is 4.91 Å². The fraction of sp³-hybridized carbons (Fsp3) is 0.900. The predicted octanol–water partition coefficient (Wildman–Crippen LogP) is 6.10. The molecule has 2 N–H and O–H groups in total. The first-order valence-electron chi connectivity index (χ1n) is 10.4. The van der Waals surface area contributed by atoms with Crippen LogP contribution in [0.25, 0.3) is 0 Å². The molecule has 0 heterocycles. The van der Waals surface area contributed by atoms with Gasteiger partial charge in [0.25, 0.3) is 0 Å². The molecule has 0 fully saturated rings. The van der Waals surface area contributed by atoms with Gasteiger partial charge in [0.1, 0.15) is 6.10 Å². The Bertz CT molecular complexity index is 340. The van der Waals surface area contributed by atoms with E-state index in [1.54, 1.807) is 0 Å². The molecule has 0 rings (SSSR count). The summed E-state index contributed by atoms with van der Waals surface area (Å²) < 4.78 is 0. The van der Waals surface area contributed by atoms with Crippen LogP contribution in [0.1, 0.15) is 110 Å². The summed E-state index contributed by atoms with van der Waals surface area (Å²) >= 11 is 0. The molecule has 0 saturated carbocycles. The average Bonchev–Trinajstić information content (AvgIpc) is 2.61. The number of rotatable bonds is 18. The Balaban J connectivity index is 0. The second kappa shape index (κ2) is 22.4. The molecule has 7 heteroatoms. The molecule has 0 aliphatic carbocycles. The van der Waals surface area contributed by atoms with Crippen LogP contribution in [0.2, 0.25) is 0 Å². The van der Waals surface area contributed by atoms with E-state index in [-0.39, 0.29) is 18.9 Å². The lowest BCUT2D eigenvalue weighted by molar-refractivity contribution is -0.138. The highest BCUT2D eigenvalue weighted by atomic mass is 16.7. The van der Waals surface area contributed by atoms with Crippen LogP contribution in [0, 0.1) is 4.91 Å². The fourth-order valence-electron chi connectivity index (χ4n) is 2.60. The first-order chi connectivity index (χ1) is 12.9. The van der Waals surface area contributed by atoms with Crippen molar-refractivity contribution < 1.29 is 24.6 Å². The summed E-state index contributed by atoms with van der Waals surface area (Å²) in [5.41, 5.74) is 0. The molecule has 0 aromatic heterocycles. The Morgan fingerprint density at radius 1 is 0.778 bits per heavy atom. The van der Waals surface area contributed by atoms with Crippen LogP contribution >= 0.6 is 0 Å². The third-order valence-corrected chi connectivity index (χ3v) is 4.22. The van der Waals surface area contributed by atoms with Crippen molar-refractivity contribution in [3.8, 4) is 0 Å². The van der Waals surface area contributed by atoms with Gasteiger partial charge in [0.2, 0.25) is 0 Å². The Morgan fingerprint density at radius 2 is 1.19 bits per heavy atom. The Morgan fingerprint density at radius 3 is 1.56 bits per heavy atom. The summed E-state index contributed by atoms with van der Waals surface area (Å²) in [6, 6.07) is 0. The van der Waals surface area contributed by atoms with Gasteiger partial charge in [-0.1, -0.05) is 64.7 Å². The number of carboxylic acids is 2. The maximum atomic E-state index is 10.2. The second-order valence-corrected chi connectivity index (χ2v) is 6.96. The fourth-order valence-corrected chi connectivity index (χ4v) is 2.60. The number of nitrogens with zero attached hydrogens (tertiary/aromatic N) is 1. The molecule has 27 heavy (non-hydrogen) atoms. The lowest BCUT2D eigenvalue weighted by Crippen LogP contribution is -2.02. The summed E-state index contributed by atoms with van der Waals surface area (Å²) in [5.74, 6) is -1.43. The van der Waals surface area contributed by atoms with Gasteiger partial charge in [0.05, 0.1) is 0 Å². The third kappa shape index (κ3) is 29.4. The van der Waals surface area contributed by atoms with Gasteiger partial charge in [-0.2, -0.15) is 0 Å². The molecule has 0 bridgehead atoms. The van der Waals surface area contributed by atoms with E-state index in [0.717, 1.165) is 64.2 Å². The van der Waals surface area contributed by atoms with Crippen molar-refractivity contribution in [2.24, 2.45) is 5.34 Å². The van der Waals surface area contributed by atoms with Crippen molar-refractivity contribution in [2.75, 3.05) is 0 Å². The SMILES string of the molecule is CCCCCCC(C)ON=O.O=C(O)CCCCCCCCCCC(=O)O. The van der Waals surface area contributed by atoms with Crippen molar-refractivity contribution in [1.29, 1.82) is 0 Å². The van der Waals surface area contributed by atoms with Crippen molar-refractivity contribution >= 4 is 11.9 Å². The number of aliphatic carboxylic acids is 2. The van der Waals surface area contributed by atoms with E-state index in [1.165, 1.54) is 19.3 Å². The summed E-state index contributed by atoms with van der Waals surface area (Å²) in [7, 11) is 0. The molecule has 0 radical (unpaired) electrons. The average molecular weight is 390 g/mol. The smallest absolute Gasteiger partial charge is 0.303 e. The zero-order chi connectivity index (χ0) is 20.8. The minimum absolute atomic E-state index is 0.00986. The standard InChI is InChI=1S/C12H22O4.C8H17NO2/c13-11(14)9-7-5-3-1-2-4-6-8-10-12(15)16;1-3-4-5-6-7-8(2)11-9-10/h1-10H2,(H,13,14)(H,15,16);8H,3-7H2,1-2H3. The normalized spacial score (nSPS) is 11.2. The van der Waals surface area contributed by atoms with Gasteiger partial charge >= 0.3 is 11.9 Å². The van der Waals surface area contributed by atoms with Crippen molar-refractivity contribution in [1.82, 2.24) is 0 Å². The third-order valence-electron chi connectivity index (χ3n) is 4.22. The van der Waals surface area contributed by atoms with Gasteiger partial charge < -0.3 is 15.1 Å². The molecule has 0 saturated heterocycles. The number of carbonyl (C=O) groups is 2. The number of unbranched alkanes of at least 4 members (excludes halogenated alkanes) is 10. The molecule has 0 spiro atoms. The summed E-state index contributed by atoms with van der Waals surface area (Å²) in [6.45, 7) is 4.04. The molecule has 0 aliphatic rings. The second-order valence-electron chi connectivity index (χ2n) is 6.96. The molecule has 0 aromatic carbocycles. The highest BCUT2D eigenvalue weighted by Gasteiger charge is 2.01. The molecule has 160 valence electrons. The van der Waals surface area contributed by atoms with Gasteiger partial charge in [-0.25, -0.2) is 0 Å². The van der Waals surface area contributed by atoms with E-state index in [2.05, 4.69) is 17.1 Å². The largest absolute Gasteiger partial charge is 0.481 e. The molecule has 1 atom stereocenters. The number of hydrogen-bond donors (Lipinski definition) is 2. The van der Waals surface area contributed by atoms with E-state index in [4.69, 9.17) is 10.2 Å². The number of carboxylic acid groups (broad SMARTS) is 2. The highest BCUT2D eigenvalue weighted by Crippen LogP contribution is 2.10. The van der Waals surface area contributed by atoms with Gasteiger partial charge in [-0.15, -0.1) is 4.91 Å². The Hall–Kier alpha value is -1.66. The van der Waals surface area contributed by atoms with Crippen LogP contribution in [-0.2, 0) is 14.4 Å². The van der Waals surface area contributed by atoms with Crippen LogP contribution in [0.15, 0.2) is 5.34 Å². The van der Waals surface area contributed by atoms with Crippen LogP contribution in [0.5, 0.6) is 0 Å². The molecule has 0 aromatic rings. The van der Waals surface area contributed by atoms with E-state index in [9.17, 15) is 14.5 Å².